The number of amides is 2. The molecule has 0 aromatic heterocycles. The van der Waals surface area contributed by atoms with Crippen LogP contribution in [0.2, 0.25) is 0 Å². The number of hydrogen-bond acceptors (Lipinski definition) is 10. The summed E-state index contributed by atoms with van der Waals surface area (Å²) in [5.41, 5.74) is 9.31. The Morgan fingerprint density at radius 1 is 0.368 bits per heavy atom. The predicted octanol–water partition coefficient (Wildman–Crippen LogP) is 11.3. The molecule has 2 aliphatic rings. The summed E-state index contributed by atoms with van der Waals surface area (Å²) in [7, 11) is -16.2. The molecule has 4 atom stereocenters. The van der Waals surface area contributed by atoms with Gasteiger partial charge in [-0.3, -0.25) is 27.8 Å². The lowest BCUT2D eigenvalue weighted by atomic mass is 10.0. The van der Waals surface area contributed by atoms with E-state index in [0.717, 1.165) is 24.0 Å². The van der Waals surface area contributed by atoms with Crippen LogP contribution in [0.1, 0.15) is 142 Å². The number of carbonyl (C=O) groups is 2. The first-order chi connectivity index (χ1) is 35.4. The van der Waals surface area contributed by atoms with Crippen LogP contribution in [0.5, 0.6) is 0 Å². The van der Waals surface area contributed by atoms with Crippen molar-refractivity contribution in [3.63, 3.8) is 0 Å². The van der Waals surface area contributed by atoms with E-state index in [4.69, 9.17) is 18.2 Å². The van der Waals surface area contributed by atoms with Gasteiger partial charge in [0.05, 0.1) is 13.1 Å². The molecule has 0 fully saturated rings. The van der Waals surface area contributed by atoms with Crippen LogP contribution in [0, 0.1) is 11.8 Å². The normalized spacial score (nSPS) is 15.0. The molecule has 6 aromatic rings. The second-order valence-corrected chi connectivity index (χ2v) is 26.5. The molecule has 2 amide bonds. The molecular formula is C56H66N2O14S4. The summed E-state index contributed by atoms with van der Waals surface area (Å²) >= 11 is 0. The summed E-state index contributed by atoms with van der Waals surface area (Å²) < 4.78 is 124. The molecule has 0 spiro atoms. The van der Waals surface area contributed by atoms with Crippen molar-refractivity contribution in [2.45, 2.75) is 102 Å². The maximum atomic E-state index is 12.4. The minimum atomic E-state index is -4.12. The highest BCUT2D eigenvalue weighted by Gasteiger charge is 2.30. The largest absolute Gasteiger partial charge is 0.304 e. The minimum absolute atomic E-state index is 0.0637. The van der Waals surface area contributed by atoms with Crippen molar-refractivity contribution in [3.05, 3.63) is 201 Å². The van der Waals surface area contributed by atoms with E-state index < -0.39 is 61.5 Å². The number of anilines is 2. The van der Waals surface area contributed by atoms with Crippen molar-refractivity contribution in [2.75, 3.05) is 9.80 Å². The molecule has 0 radical (unpaired) electrons. The van der Waals surface area contributed by atoms with Gasteiger partial charge in [-0.15, -0.1) is 0 Å². The fraction of sp³-hybridized carbons (Fsp3) is 0.321. The van der Waals surface area contributed by atoms with E-state index >= 15 is 0 Å². The van der Waals surface area contributed by atoms with Crippen molar-refractivity contribution in [3.8, 4) is 0 Å². The van der Waals surface area contributed by atoms with Gasteiger partial charge in [0, 0.05) is 22.5 Å². The molecule has 6 aromatic carbocycles. The van der Waals surface area contributed by atoms with Gasteiger partial charge >= 0.3 is 0 Å². The quantitative estimate of drug-likeness (QED) is 0.0740. The van der Waals surface area contributed by atoms with Crippen LogP contribution in [-0.4, -0.2) is 63.7 Å². The number of benzene rings is 6. The summed E-state index contributed by atoms with van der Waals surface area (Å²) in [6, 6.07) is 42.8. The standard InChI is InChI=1S/2C16H15NO4S.2C12H18O3S/c2*1-11(22(19,20)21)12-6-8-14(9-7-12)17-10-13-4-2-3-5-15(13)16(17)18;2*1-9(2)8-11-4-6-12(7-5-11)10(3)16(13,14)15/h2*2-9,11H,10H2,1H3,(H,19,20,21);2*4-7,9-10H,8H2,1-3H3,(H,13,14,15). The van der Waals surface area contributed by atoms with Crippen LogP contribution in [0.3, 0.4) is 0 Å². The maximum absolute atomic E-state index is 12.4. The second kappa shape index (κ2) is 25.4. The summed E-state index contributed by atoms with van der Waals surface area (Å²) in [6.07, 6.45) is 1.95. The topological polar surface area (TPSA) is 258 Å². The Balaban J connectivity index is 0.000000190. The molecule has 8 rings (SSSR count). The fourth-order valence-corrected chi connectivity index (χ4v) is 10.3. The monoisotopic (exact) mass is 1120 g/mol. The Hall–Kier alpha value is -6.10. The van der Waals surface area contributed by atoms with Gasteiger partial charge in [0.2, 0.25) is 0 Å². The highest BCUT2D eigenvalue weighted by Crippen LogP contribution is 2.32. The van der Waals surface area contributed by atoms with Gasteiger partial charge in [0.1, 0.15) is 21.0 Å². The van der Waals surface area contributed by atoms with E-state index in [1.165, 1.54) is 38.8 Å². The van der Waals surface area contributed by atoms with E-state index in [0.29, 0.717) is 69.7 Å². The number of rotatable bonds is 14. The van der Waals surface area contributed by atoms with Gasteiger partial charge in [0.25, 0.3) is 52.3 Å². The van der Waals surface area contributed by atoms with E-state index in [9.17, 15) is 43.3 Å². The molecule has 2 heterocycles. The molecular weight excluding hydrogens is 1050 g/mol. The van der Waals surface area contributed by atoms with Crippen LogP contribution in [0.15, 0.2) is 146 Å². The maximum Gasteiger partial charge on any atom is 0.271 e. The minimum Gasteiger partial charge on any atom is -0.304 e. The molecule has 16 nitrogen and oxygen atoms in total. The van der Waals surface area contributed by atoms with Crippen LogP contribution in [-0.2, 0) is 66.4 Å². The highest BCUT2D eigenvalue weighted by molar-refractivity contribution is 7.86. The van der Waals surface area contributed by atoms with Crippen molar-refractivity contribution >= 4 is 63.7 Å². The first-order valence-electron chi connectivity index (χ1n) is 24.4. The first kappa shape index (κ1) is 60.8. The van der Waals surface area contributed by atoms with E-state index in [2.05, 4.69) is 27.7 Å². The van der Waals surface area contributed by atoms with Crippen LogP contribution in [0.25, 0.3) is 0 Å². The molecule has 408 valence electrons. The molecule has 4 N–H and O–H groups in total. The van der Waals surface area contributed by atoms with Crippen molar-refractivity contribution < 1.29 is 61.5 Å². The zero-order valence-corrected chi connectivity index (χ0v) is 46.8. The Labute approximate surface area is 447 Å². The zero-order valence-electron chi connectivity index (χ0n) is 43.5. The molecule has 0 saturated heterocycles. The van der Waals surface area contributed by atoms with E-state index in [1.807, 2.05) is 60.7 Å². The lowest BCUT2D eigenvalue weighted by Crippen LogP contribution is -2.23. The molecule has 76 heavy (non-hydrogen) atoms. The molecule has 0 saturated carbocycles. The van der Waals surface area contributed by atoms with Crippen molar-refractivity contribution in [1.29, 1.82) is 0 Å². The van der Waals surface area contributed by atoms with Gasteiger partial charge in [-0.05, 0) is 133 Å². The summed E-state index contributed by atoms with van der Waals surface area (Å²) in [4.78, 5) is 28.0. The summed E-state index contributed by atoms with van der Waals surface area (Å²) in [5, 5.41) is -3.71. The lowest BCUT2D eigenvalue weighted by Gasteiger charge is -2.17. The highest BCUT2D eigenvalue weighted by atomic mass is 32.2. The number of fused-ring (bicyclic) bond motifs is 2. The SMILES string of the molecule is CC(C)Cc1ccc(C(C)S(=O)(=O)O)cc1.CC(C)Cc1ccc(C(C)S(=O)(=O)O)cc1.CC(c1ccc(N2Cc3ccccc3C2=O)cc1)S(=O)(=O)O.CC(c1ccc(N2Cc3ccccc3C2=O)cc1)S(=O)(=O)O. The van der Waals surface area contributed by atoms with Gasteiger partial charge in [-0.2, -0.15) is 33.7 Å². The molecule has 0 aliphatic carbocycles. The summed E-state index contributed by atoms with van der Waals surface area (Å²) in [5.74, 6) is 1.02. The fourth-order valence-electron chi connectivity index (χ4n) is 8.26. The van der Waals surface area contributed by atoms with Gasteiger partial charge in [0.15, 0.2) is 0 Å². The average Bonchev–Trinajstić information content (AvgIpc) is 3.88. The second-order valence-electron chi connectivity index (χ2n) is 19.6. The summed E-state index contributed by atoms with van der Waals surface area (Å²) in [6.45, 7) is 15.3. The molecule has 0 bridgehead atoms. The van der Waals surface area contributed by atoms with Gasteiger partial charge in [-0.1, -0.05) is 137 Å². The third-order valence-corrected chi connectivity index (χ3v) is 17.6. The van der Waals surface area contributed by atoms with Gasteiger partial charge in [-0.25, -0.2) is 0 Å². The molecule has 20 heteroatoms. The third-order valence-electron chi connectivity index (χ3n) is 13.0. The van der Waals surface area contributed by atoms with E-state index in [1.54, 1.807) is 94.7 Å². The molecule has 4 unspecified atom stereocenters. The Morgan fingerprint density at radius 2 is 0.605 bits per heavy atom. The number of hydrogen-bond donors (Lipinski definition) is 4. The Bertz CT molecular complexity index is 3190. The Kier molecular flexibility index (Phi) is 20.3. The number of nitrogens with zero attached hydrogens (tertiary/aromatic N) is 2. The van der Waals surface area contributed by atoms with Crippen LogP contribution in [0.4, 0.5) is 11.4 Å². The lowest BCUT2D eigenvalue weighted by molar-refractivity contribution is 0.0989. The molecule has 2 aliphatic heterocycles. The van der Waals surface area contributed by atoms with E-state index in [-0.39, 0.29) is 11.8 Å². The van der Waals surface area contributed by atoms with Crippen LogP contribution >= 0.6 is 0 Å². The Morgan fingerprint density at radius 3 is 0.829 bits per heavy atom. The zero-order chi connectivity index (χ0) is 56.5. The average molecular weight is 1120 g/mol. The van der Waals surface area contributed by atoms with Crippen molar-refractivity contribution in [2.24, 2.45) is 11.8 Å². The predicted molar refractivity (Wildman–Crippen MR) is 297 cm³/mol. The van der Waals surface area contributed by atoms with Crippen molar-refractivity contribution in [1.82, 2.24) is 0 Å². The van der Waals surface area contributed by atoms with Gasteiger partial charge < -0.3 is 9.80 Å². The smallest absolute Gasteiger partial charge is 0.271 e. The third kappa shape index (κ3) is 16.5. The number of carbonyl (C=O) groups excluding carboxylic acids is 2. The van der Waals surface area contributed by atoms with Crippen LogP contribution < -0.4 is 9.80 Å². The first-order valence-corrected chi connectivity index (χ1v) is 30.4.